The van der Waals surface area contributed by atoms with Crippen LogP contribution < -0.4 is 5.43 Å². The molecular weight excluding hydrogens is 274 g/mol. The van der Waals surface area contributed by atoms with Crippen LogP contribution in [0.1, 0.15) is 12.8 Å². The minimum absolute atomic E-state index is 1.000. The van der Waals surface area contributed by atoms with Crippen LogP contribution in [0.5, 0.6) is 0 Å². The molecule has 2 bridgehead atoms. The largest absolute Gasteiger partial charge is 0.673 e. The van der Waals surface area contributed by atoms with Gasteiger partial charge in [0.1, 0.15) is 0 Å². The van der Waals surface area contributed by atoms with E-state index >= 15 is 0 Å². The lowest BCUT2D eigenvalue weighted by Crippen LogP contribution is -2.52. The summed E-state index contributed by atoms with van der Waals surface area (Å²) in [6, 6.07) is 0. The van der Waals surface area contributed by atoms with E-state index in [0.29, 0.717) is 0 Å². The van der Waals surface area contributed by atoms with Crippen molar-refractivity contribution in [2.45, 2.75) is 12.8 Å². The van der Waals surface area contributed by atoms with Crippen molar-refractivity contribution in [2.75, 3.05) is 19.6 Å². The molecule has 3 heterocycles. The molecule has 0 atom stereocenters. The summed E-state index contributed by atoms with van der Waals surface area (Å²) in [4.78, 5) is 0. The van der Waals surface area contributed by atoms with Crippen molar-refractivity contribution in [3.8, 4) is 0 Å². The van der Waals surface area contributed by atoms with Crippen LogP contribution in [0.25, 0.3) is 0 Å². The first kappa shape index (κ1) is 17.5. The molecule has 0 saturated carbocycles. The van der Waals surface area contributed by atoms with Gasteiger partial charge in [0.2, 0.25) is 0 Å². The van der Waals surface area contributed by atoms with E-state index in [1.807, 2.05) is 0 Å². The zero-order valence-electron chi connectivity index (χ0n) is 9.24. The van der Waals surface area contributed by atoms with E-state index in [-0.39, 0.29) is 0 Å². The van der Waals surface area contributed by atoms with Gasteiger partial charge in [-0.2, -0.15) is 0 Å². The quantitative estimate of drug-likeness (QED) is 0.544. The average molecular weight is 286 g/mol. The highest BCUT2D eigenvalue weighted by Crippen LogP contribution is 2.19. The second kappa shape index (κ2) is 7.17. The van der Waals surface area contributed by atoms with Crippen LogP contribution >= 0.6 is 0 Å². The number of fused-ring (bicyclic) bond motifs is 3. The van der Waals surface area contributed by atoms with E-state index in [2.05, 4.69) is 10.4 Å². The molecule has 3 fully saturated rings. The van der Waals surface area contributed by atoms with Crippen molar-refractivity contribution in [2.24, 2.45) is 5.92 Å². The van der Waals surface area contributed by atoms with Gasteiger partial charge in [-0.25, -0.2) is 5.01 Å². The molecule has 12 heteroatoms. The number of piperidine rings is 1. The summed E-state index contributed by atoms with van der Waals surface area (Å²) < 4.78 is 78.0. The first-order valence-corrected chi connectivity index (χ1v) is 5.18. The van der Waals surface area contributed by atoms with E-state index in [0.717, 1.165) is 5.92 Å². The Hall–Kier alpha value is -0.510. The van der Waals surface area contributed by atoms with Crippen LogP contribution in [0.4, 0.5) is 34.5 Å². The van der Waals surface area contributed by atoms with E-state index in [1.165, 1.54) is 32.5 Å². The fourth-order valence-electron chi connectivity index (χ4n) is 1.55. The molecule has 0 aromatic rings. The van der Waals surface area contributed by atoms with Crippen molar-refractivity contribution in [1.29, 1.82) is 0 Å². The Balaban J connectivity index is 0.000000258. The Kier molecular flexibility index (Phi) is 6.97. The number of halogens is 8. The third kappa shape index (κ3) is 15.5. The predicted molar refractivity (Wildman–Crippen MR) is 52.7 cm³/mol. The number of nitrogens with zero attached hydrogens (tertiary/aromatic N) is 1. The molecule has 0 aliphatic carbocycles. The van der Waals surface area contributed by atoms with Crippen LogP contribution in [0, 0.1) is 5.92 Å². The molecule has 0 aromatic heterocycles. The summed E-state index contributed by atoms with van der Waals surface area (Å²) in [5.74, 6) is 1.000. The maximum atomic E-state index is 9.75. The molecule has 3 aliphatic rings. The topological polar surface area (TPSA) is 15.3 Å². The number of nitrogens with one attached hydrogen (secondary N) is 1. The van der Waals surface area contributed by atoms with Crippen molar-refractivity contribution in [3.63, 3.8) is 0 Å². The van der Waals surface area contributed by atoms with Gasteiger partial charge in [0.25, 0.3) is 0 Å². The van der Waals surface area contributed by atoms with E-state index in [4.69, 9.17) is 0 Å². The fourth-order valence-corrected chi connectivity index (χ4v) is 1.55. The molecule has 3 rings (SSSR count). The predicted octanol–water partition coefficient (Wildman–Crippen LogP) is 2.82. The smallest absolute Gasteiger partial charge is 0.418 e. The third-order valence-electron chi connectivity index (χ3n) is 2.22. The Morgan fingerprint density at radius 2 is 1.11 bits per heavy atom. The Labute approximate surface area is 98.9 Å². The average Bonchev–Trinajstić information content (AvgIpc) is 2.15. The summed E-state index contributed by atoms with van der Waals surface area (Å²) in [6.45, 7) is 3.80. The van der Waals surface area contributed by atoms with Gasteiger partial charge in [-0.1, -0.05) is 0 Å². The van der Waals surface area contributed by atoms with Gasteiger partial charge in [0, 0.05) is 19.6 Å². The lowest BCUT2D eigenvalue weighted by molar-refractivity contribution is 0.0572. The fraction of sp³-hybridized carbons (Fsp3) is 1.00. The minimum Gasteiger partial charge on any atom is -0.418 e. The maximum Gasteiger partial charge on any atom is 0.673 e. The lowest BCUT2D eigenvalue weighted by Gasteiger charge is -2.39. The molecule has 1 N–H and O–H groups in total. The second-order valence-electron chi connectivity index (χ2n) is 3.78. The van der Waals surface area contributed by atoms with Crippen LogP contribution in [0.3, 0.4) is 0 Å². The van der Waals surface area contributed by atoms with Crippen LogP contribution in [0.2, 0.25) is 0 Å². The van der Waals surface area contributed by atoms with Gasteiger partial charge in [-0.05, 0) is 18.8 Å². The molecule has 0 aromatic carbocycles. The molecule has 0 unspecified atom stereocenters. The Bertz CT molecular complexity index is 178. The van der Waals surface area contributed by atoms with E-state index < -0.39 is 14.5 Å². The van der Waals surface area contributed by atoms with Crippen molar-refractivity contribution in [3.05, 3.63) is 0 Å². The summed E-state index contributed by atoms with van der Waals surface area (Å²) in [5.41, 5.74) is 3.35. The number of hydrogen-bond acceptors (Lipinski definition) is 2. The van der Waals surface area contributed by atoms with Gasteiger partial charge in [0.15, 0.2) is 0 Å². The highest BCUT2D eigenvalue weighted by atomic mass is 19.5. The van der Waals surface area contributed by atoms with Gasteiger partial charge < -0.3 is 34.5 Å². The number of hydrogen-bond donors (Lipinski definition) is 1. The molecule has 0 amide bonds. The first-order valence-electron chi connectivity index (χ1n) is 5.18. The van der Waals surface area contributed by atoms with Gasteiger partial charge in [0.05, 0.1) is 0 Å². The number of hydrazine groups is 1. The summed E-state index contributed by atoms with van der Waals surface area (Å²) in [6.07, 6.45) is 2.85. The molecule has 110 valence electrons. The monoisotopic (exact) mass is 286 g/mol. The molecule has 3 aliphatic heterocycles. The summed E-state index contributed by atoms with van der Waals surface area (Å²) >= 11 is 0. The van der Waals surface area contributed by atoms with E-state index in [9.17, 15) is 34.5 Å². The number of rotatable bonds is 0. The van der Waals surface area contributed by atoms with Crippen molar-refractivity contribution in [1.82, 2.24) is 10.4 Å². The van der Waals surface area contributed by atoms with Crippen LogP contribution in [-0.4, -0.2) is 39.2 Å². The SMILES string of the molecule is C1CN2CCC1CN2.F[B-](F)(F)F.F[B-](F)(F)F. The van der Waals surface area contributed by atoms with Crippen molar-refractivity contribution >= 4 is 14.5 Å². The van der Waals surface area contributed by atoms with Gasteiger partial charge in [-0.3, -0.25) is 5.43 Å². The molecule has 3 saturated heterocycles. The maximum absolute atomic E-state index is 9.75. The molecular formula is C6H12B2F8N2-2. The molecule has 18 heavy (non-hydrogen) atoms. The standard InChI is InChI=1S/C6H12N2.2BF4/c1-3-8-4-2-6(1)5-7-8;2*2-1(3,4)5/h6-7H,1-5H2;;/q;2*-1. The highest BCUT2D eigenvalue weighted by molar-refractivity contribution is 6.50. The van der Waals surface area contributed by atoms with E-state index in [1.54, 1.807) is 0 Å². The van der Waals surface area contributed by atoms with Crippen molar-refractivity contribution < 1.29 is 34.5 Å². The minimum atomic E-state index is -6.00. The second-order valence-corrected chi connectivity index (χ2v) is 3.78. The summed E-state index contributed by atoms with van der Waals surface area (Å²) in [7, 11) is -12.0. The molecule has 0 spiro atoms. The first-order chi connectivity index (χ1) is 7.95. The zero-order valence-corrected chi connectivity index (χ0v) is 9.24. The lowest BCUT2D eigenvalue weighted by atomic mass is 9.96. The Morgan fingerprint density at radius 3 is 1.17 bits per heavy atom. The summed E-state index contributed by atoms with van der Waals surface area (Å²) in [5, 5.41) is 2.33. The highest BCUT2D eigenvalue weighted by Gasteiger charge is 2.24. The van der Waals surface area contributed by atoms with Crippen LogP contribution in [0.15, 0.2) is 0 Å². The third-order valence-corrected chi connectivity index (χ3v) is 2.22. The van der Waals surface area contributed by atoms with Gasteiger partial charge >= 0.3 is 14.5 Å². The normalized spacial score (nSPS) is 26.7. The van der Waals surface area contributed by atoms with Gasteiger partial charge in [-0.15, -0.1) is 0 Å². The molecule has 0 radical (unpaired) electrons. The Morgan fingerprint density at radius 1 is 0.778 bits per heavy atom. The van der Waals surface area contributed by atoms with Crippen LogP contribution in [-0.2, 0) is 0 Å². The molecule has 2 nitrogen and oxygen atoms in total. The zero-order chi connectivity index (χ0) is 14.4.